The molecule has 0 bridgehead atoms. The van der Waals surface area contributed by atoms with Gasteiger partial charge in [-0.15, -0.1) is 11.3 Å². The third-order valence-electron chi connectivity index (χ3n) is 5.81. The Bertz CT molecular complexity index is 1250. The van der Waals surface area contributed by atoms with Gasteiger partial charge < -0.3 is 10.2 Å². The first-order valence-electron chi connectivity index (χ1n) is 10.2. The Morgan fingerprint density at radius 1 is 1.17 bits per heavy atom. The van der Waals surface area contributed by atoms with Gasteiger partial charge >= 0.3 is 0 Å². The minimum absolute atomic E-state index is 0.0233. The molecule has 1 saturated heterocycles. The van der Waals surface area contributed by atoms with E-state index in [1.165, 1.54) is 0 Å². The second-order valence-electron chi connectivity index (χ2n) is 7.90. The predicted octanol–water partition coefficient (Wildman–Crippen LogP) is 6.37. The zero-order chi connectivity index (χ0) is 20.7. The molecule has 0 radical (unpaired) electrons. The number of carbonyl (C=O) groups is 1. The van der Waals surface area contributed by atoms with Gasteiger partial charge in [-0.3, -0.25) is 4.79 Å². The highest BCUT2D eigenvalue weighted by Crippen LogP contribution is 2.37. The van der Waals surface area contributed by atoms with Gasteiger partial charge in [-0.25, -0.2) is 4.98 Å². The number of hydrogen-bond acceptors (Lipinski definition) is 5. The highest BCUT2D eigenvalue weighted by atomic mass is 35.5. The van der Waals surface area contributed by atoms with Gasteiger partial charge in [0.1, 0.15) is 5.82 Å². The summed E-state index contributed by atoms with van der Waals surface area (Å²) >= 11 is 8.04. The number of piperidine rings is 1. The van der Waals surface area contributed by atoms with Crippen LogP contribution in [0, 0.1) is 5.92 Å². The molecule has 4 aromatic rings. The van der Waals surface area contributed by atoms with Crippen LogP contribution < -0.4 is 5.32 Å². The first kappa shape index (κ1) is 19.5. The van der Waals surface area contributed by atoms with Crippen molar-refractivity contribution in [3.63, 3.8) is 0 Å². The summed E-state index contributed by atoms with van der Waals surface area (Å²) in [5.41, 5.74) is 2.28. The molecule has 5 rings (SSSR count). The Morgan fingerprint density at radius 3 is 2.87 bits per heavy atom. The molecule has 152 valence electrons. The molecule has 2 aromatic carbocycles. The van der Waals surface area contributed by atoms with Crippen LogP contribution >= 0.6 is 22.9 Å². The molecular formula is C24H22ClN3OS. The molecule has 0 amide bonds. The van der Waals surface area contributed by atoms with Crippen LogP contribution in [0.3, 0.4) is 0 Å². The fourth-order valence-corrected chi connectivity index (χ4v) is 5.41. The lowest BCUT2D eigenvalue weighted by Crippen LogP contribution is -2.36. The van der Waals surface area contributed by atoms with Crippen molar-refractivity contribution >= 4 is 61.2 Å². The largest absolute Gasteiger partial charge is 0.338 e. The second kappa shape index (κ2) is 7.99. The molecule has 6 heteroatoms. The van der Waals surface area contributed by atoms with E-state index in [9.17, 15) is 4.79 Å². The number of rotatable bonds is 4. The molecule has 1 aliphatic rings. The van der Waals surface area contributed by atoms with Crippen LogP contribution in [0.15, 0.2) is 53.9 Å². The lowest BCUT2D eigenvalue weighted by Gasteiger charge is -2.28. The van der Waals surface area contributed by atoms with E-state index in [4.69, 9.17) is 16.6 Å². The van der Waals surface area contributed by atoms with E-state index in [1.807, 2.05) is 36.4 Å². The van der Waals surface area contributed by atoms with Crippen LogP contribution in [-0.4, -0.2) is 35.8 Å². The minimum atomic E-state index is 0.0233. The summed E-state index contributed by atoms with van der Waals surface area (Å²) in [5.74, 6) is 0.947. The van der Waals surface area contributed by atoms with Crippen molar-refractivity contribution in [2.75, 3.05) is 25.5 Å². The van der Waals surface area contributed by atoms with Crippen molar-refractivity contribution in [2.45, 2.75) is 12.8 Å². The first-order valence-corrected chi connectivity index (χ1v) is 11.4. The average molecular weight is 436 g/mol. The van der Waals surface area contributed by atoms with Crippen molar-refractivity contribution < 1.29 is 4.79 Å². The van der Waals surface area contributed by atoms with Gasteiger partial charge in [0.2, 0.25) is 0 Å². The molecule has 4 nitrogen and oxygen atoms in total. The van der Waals surface area contributed by atoms with Crippen molar-refractivity contribution in [3.8, 4) is 0 Å². The Kier molecular flexibility index (Phi) is 5.19. The van der Waals surface area contributed by atoms with E-state index in [0.717, 1.165) is 58.4 Å². The number of likely N-dealkylation sites (tertiary alicyclic amines) is 1. The van der Waals surface area contributed by atoms with E-state index >= 15 is 0 Å². The summed E-state index contributed by atoms with van der Waals surface area (Å²) in [6.45, 7) is 1.86. The maximum absolute atomic E-state index is 13.5. The number of benzene rings is 2. The number of para-hydroxylation sites is 2. The lowest BCUT2D eigenvalue weighted by atomic mass is 9.89. The molecular weight excluding hydrogens is 414 g/mol. The molecule has 1 aliphatic heterocycles. The zero-order valence-electron chi connectivity index (χ0n) is 16.7. The number of Topliss-reactive ketones (excluding diaryl/α,β-unsaturated/α-hetero) is 1. The summed E-state index contributed by atoms with van der Waals surface area (Å²) in [6.07, 6.45) is 1.99. The van der Waals surface area contributed by atoms with Gasteiger partial charge in [0.15, 0.2) is 5.78 Å². The number of carbonyl (C=O) groups excluding carboxylic acids is 1. The number of aromatic nitrogens is 1. The molecule has 0 spiro atoms. The van der Waals surface area contributed by atoms with Crippen LogP contribution in [-0.2, 0) is 0 Å². The standard InChI is InChI=1S/C24H22ClN3OS/c1-28-12-5-6-15(14-28)22(29)16-7-4-8-17-21(16)27-24(18-11-13-30-23(17)18)26-20-10-3-2-9-19(20)25/h2-4,7-11,13,15H,5-6,12,14H2,1H3,(H,26,27). The highest BCUT2D eigenvalue weighted by molar-refractivity contribution is 7.18. The van der Waals surface area contributed by atoms with Crippen LogP contribution in [0.5, 0.6) is 0 Å². The van der Waals surface area contributed by atoms with E-state index in [1.54, 1.807) is 11.3 Å². The zero-order valence-corrected chi connectivity index (χ0v) is 18.3. The maximum atomic E-state index is 13.5. The monoisotopic (exact) mass is 435 g/mol. The molecule has 1 N–H and O–H groups in total. The van der Waals surface area contributed by atoms with Crippen LogP contribution in [0.2, 0.25) is 5.02 Å². The summed E-state index contributed by atoms with van der Waals surface area (Å²) in [4.78, 5) is 20.6. The fourth-order valence-electron chi connectivity index (χ4n) is 4.31. The molecule has 2 aromatic heterocycles. The molecule has 0 aliphatic carbocycles. The van der Waals surface area contributed by atoms with Crippen molar-refractivity contribution in [3.05, 3.63) is 64.5 Å². The average Bonchev–Trinajstić information content (AvgIpc) is 3.25. The van der Waals surface area contributed by atoms with Gasteiger partial charge in [0.05, 0.1) is 16.2 Å². The Hall–Kier alpha value is -2.47. The van der Waals surface area contributed by atoms with Gasteiger partial charge in [0.25, 0.3) is 0 Å². The smallest absolute Gasteiger partial charge is 0.169 e. The van der Waals surface area contributed by atoms with E-state index in [2.05, 4.69) is 34.8 Å². The maximum Gasteiger partial charge on any atom is 0.169 e. The van der Waals surface area contributed by atoms with Gasteiger partial charge in [-0.2, -0.15) is 0 Å². The quantitative estimate of drug-likeness (QED) is 0.378. The van der Waals surface area contributed by atoms with Crippen LogP contribution in [0.4, 0.5) is 11.5 Å². The SMILES string of the molecule is CN1CCCC(C(=O)c2cccc3c2nc(Nc2ccccc2Cl)c2ccsc23)C1. The number of ketones is 1. The second-order valence-corrected chi connectivity index (χ2v) is 9.22. The van der Waals surface area contributed by atoms with Crippen molar-refractivity contribution in [2.24, 2.45) is 5.92 Å². The van der Waals surface area contributed by atoms with E-state index in [0.29, 0.717) is 10.6 Å². The van der Waals surface area contributed by atoms with Crippen molar-refractivity contribution in [1.29, 1.82) is 0 Å². The van der Waals surface area contributed by atoms with Crippen LogP contribution in [0.25, 0.3) is 21.0 Å². The Labute approximate surface area is 184 Å². The topological polar surface area (TPSA) is 45.2 Å². The third-order valence-corrected chi connectivity index (χ3v) is 7.09. The third kappa shape index (κ3) is 3.47. The molecule has 1 atom stereocenters. The Morgan fingerprint density at radius 2 is 2.03 bits per heavy atom. The summed E-state index contributed by atoms with van der Waals surface area (Å²) in [5, 5.41) is 8.15. The van der Waals surface area contributed by atoms with Gasteiger partial charge in [-0.1, -0.05) is 35.9 Å². The molecule has 1 unspecified atom stereocenters. The number of halogens is 1. The van der Waals surface area contributed by atoms with Gasteiger partial charge in [-0.05, 0) is 56.1 Å². The molecule has 30 heavy (non-hydrogen) atoms. The first-order chi connectivity index (χ1) is 14.6. The van der Waals surface area contributed by atoms with Gasteiger partial charge in [0, 0.05) is 33.5 Å². The van der Waals surface area contributed by atoms with E-state index in [-0.39, 0.29) is 11.7 Å². The van der Waals surface area contributed by atoms with Crippen molar-refractivity contribution in [1.82, 2.24) is 9.88 Å². The molecule has 1 fully saturated rings. The molecule has 3 heterocycles. The number of nitrogens with zero attached hydrogens (tertiary/aromatic N) is 2. The fraction of sp³-hybridized carbons (Fsp3) is 0.250. The summed E-state index contributed by atoms with van der Waals surface area (Å²) in [7, 11) is 2.08. The number of pyridine rings is 1. The summed E-state index contributed by atoms with van der Waals surface area (Å²) in [6, 6.07) is 15.6. The number of hydrogen-bond donors (Lipinski definition) is 1. The highest BCUT2D eigenvalue weighted by Gasteiger charge is 2.27. The lowest BCUT2D eigenvalue weighted by molar-refractivity contribution is 0.0845. The minimum Gasteiger partial charge on any atom is -0.338 e. The van der Waals surface area contributed by atoms with Crippen LogP contribution in [0.1, 0.15) is 23.2 Å². The molecule has 0 saturated carbocycles. The number of anilines is 2. The predicted molar refractivity (Wildman–Crippen MR) is 126 cm³/mol. The number of thiophene rings is 1. The summed E-state index contributed by atoms with van der Waals surface area (Å²) < 4.78 is 1.13. The Balaban J connectivity index is 1.65. The normalized spacial score (nSPS) is 17.5. The number of fused-ring (bicyclic) bond motifs is 3. The number of nitrogens with one attached hydrogen (secondary N) is 1. The van der Waals surface area contributed by atoms with E-state index < -0.39 is 0 Å².